The van der Waals surface area contributed by atoms with E-state index in [4.69, 9.17) is 0 Å². The highest BCUT2D eigenvalue weighted by atomic mass is 79.9. The van der Waals surface area contributed by atoms with E-state index in [1.165, 1.54) is 0 Å². The van der Waals surface area contributed by atoms with Crippen molar-refractivity contribution in [1.29, 1.82) is 0 Å². The molecule has 0 saturated carbocycles. The summed E-state index contributed by atoms with van der Waals surface area (Å²) < 4.78 is 2.63. The lowest BCUT2D eigenvalue weighted by Gasteiger charge is -2.27. The van der Waals surface area contributed by atoms with Crippen LogP contribution in [0.3, 0.4) is 0 Å². The van der Waals surface area contributed by atoms with Crippen molar-refractivity contribution in [3.8, 4) is 11.3 Å². The average Bonchev–Trinajstić information content (AvgIpc) is 3.17. The third-order valence-corrected chi connectivity index (χ3v) is 5.03. The molecule has 4 aromatic rings. The first-order valence-electron chi connectivity index (χ1n) is 8.21. The number of hydrogen-bond donors (Lipinski definition) is 2. The number of fused-ring (bicyclic) bond motifs is 2. The van der Waals surface area contributed by atoms with Gasteiger partial charge < -0.3 is 5.32 Å². The van der Waals surface area contributed by atoms with Gasteiger partial charge in [-0.05, 0) is 28.1 Å². The quantitative estimate of drug-likeness (QED) is 0.454. The molecule has 1 aliphatic rings. The van der Waals surface area contributed by atoms with E-state index in [-0.39, 0.29) is 11.6 Å². The third kappa shape index (κ3) is 2.55. The van der Waals surface area contributed by atoms with E-state index in [0.717, 1.165) is 21.2 Å². The number of H-pyrrole nitrogens is 1. The molecule has 27 heavy (non-hydrogen) atoms. The number of nitrogens with one attached hydrogen (secondary N) is 2. The van der Waals surface area contributed by atoms with Crippen molar-refractivity contribution in [2.24, 2.45) is 0 Å². The first-order chi connectivity index (χ1) is 13.2. The molecule has 0 amide bonds. The van der Waals surface area contributed by atoms with Crippen molar-refractivity contribution in [2.45, 2.75) is 6.04 Å². The van der Waals surface area contributed by atoms with Crippen LogP contribution in [-0.2, 0) is 0 Å². The Bertz CT molecular complexity index is 1180. The third-order valence-electron chi connectivity index (χ3n) is 4.50. The lowest BCUT2D eigenvalue weighted by atomic mass is 9.92. The van der Waals surface area contributed by atoms with Crippen LogP contribution in [0.5, 0.6) is 0 Å². The second kappa shape index (κ2) is 6.13. The molecule has 0 bridgehead atoms. The molecule has 3 heterocycles. The number of anilines is 2. The summed E-state index contributed by atoms with van der Waals surface area (Å²) in [6, 6.07) is 17.2. The lowest BCUT2D eigenvalue weighted by molar-refractivity contribution is 0.567. The molecular formula is C18H12BrN7O. The first-order valence-corrected chi connectivity index (χ1v) is 9.00. The average molecular weight is 422 g/mol. The maximum atomic E-state index is 12.5. The Labute approximate surface area is 161 Å². The summed E-state index contributed by atoms with van der Waals surface area (Å²) in [5, 5.41) is 21.9. The van der Waals surface area contributed by atoms with Crippen LogP contribution in [0.15, 0.2) is 63.9 Å². The van der Waals surface area contributed by atoms with E-state index in [1.807, 2.05) is 54.6 Å². The smallest absolute Gasteiger partial charge is 0.288 e. The Morgan fingerprint density at radius 1 is 1.04 bits per heavy atom. The van der Waals surface area contributed by atoms with Crippen LogP contribution in [0.4, 0.5) is 11.6 Å². The molecule has 0 spiro atoms. The van der Waals surface area contributed by atoms with Crippen molar-refractivity contribution in [2.75, 3.05) is 5.32 Å². The zero-order valence-electron chi connectivity index (χ0n) is 13.8. The summed E-state index contributed by atoms with van der Waals surface area (Å²) in [6.45, 7) is 0. The summed E-state index contributed by atoms with van der Waals surface area (Å²) in [7, 11) is 0. The predicted molar refractivity (Wildman–Crippen MR) is 103 cm³/mol. The van der Waals surface area contributed by atoms with Gasteiger partial charge in [-0.1, -0.05) is 63.5 Å². The molecule has 2 aromatic heterocycles. The molecule has 0 radical (unpaired) electrons. The molecule has 2 N–H and O–H groups in total. The van der Waals surface area contributed by atoms with Gasteiger partial charge in [-0.3, -0.25) is 4.79 Å². The summed E-state index contributed by atoms with van der Waals surface area (Å²) in [6.07, 6.45) is 0. The van der Waals surface area contributed by atoms with E-state index >= 15 is 0 Å². The highest BCUT2D eigenvalue weighted by Gasteiger charge is 2.34. The van der Waals surface area contributed by atoms with Crippen molar-refractivity contribution in [3.63, 3.8) is 0 Å². The number of aromatic amines is 1. The van der Waals surface area contributed by atoms with Crippen molar-refractivity contribution in [1.82, 2.24) is 30.4 Å². The zero-order valence-corrected chi connectivity index (χ0v) is 15.4. The first kappa shape index (κ1) is 15.9. The van der Waals surface area contributed by atoms with Crippen LogP contribution in [0.1, 0.15) is 17.2 Å². The number of hydrogen-bond acceptors (Lipinski definition) is 6. The van der Waals surface area contributed by atoms with Gasteiger partial charge in [-0.2, -0.15) is 9.78 Å². The van der Waals surface area contributed by atoms with Gasteiger partial charge in [0.2, 0.25) is 5.95 Å². The Kier molecular flexibility index (Phi) is 3.61. The highest BCUT2D eigenvalue weighted by molar-refractivity contribution is 9.10. The van der Waals surface area contributed by atoms with Gasteiger partial charge in [0.05, 0.1) is 5.69 Å². The maximum absolute atomic E-state index is 12.5. The van der Waals surface area contributed by atoms with Gasteiger partial charge in [0.25, 0.3) is 5.56 Å². The fraction of sp³-hybridized carbons (Fsp3) is 0.0556. The molecule has 5 rings (SSSR count). The van der Waals surface area contributed by atoms with Crippen molar-refractivity contribution < 1.29 is 0 Å². The summed E-state index contributed by atoms with van der Waals surface area (Å²) in [5.41, 5.74) is 3.32. The molecule has 0 unspecified atom stereocenters. The number of halogens is 1. The number of rotatable bonds is 2. The minimum absolute atomic E-state index is 0.318. The molecular weight excluding hydrogens is 410 g/mol. The molecule has 8 nitrogen and oxygen atoms in total. The van der Waals surface area contributed by atoms with E-state index < -0.39 is 0 Å². The van der Waals surface area contributed by atoms with Crippen molar-refractivity contribution >= 4 is 27.6 Å². The Balaban J connectivity index is 1.83. The monoisotopic (exact) mass is 421 g/mol. The largest absolute Gasteiger partial charge is 0.318 e. The van der Waals surface area contributed by atoms with Crippen LogP contribution in [-0.4, -0.2) is 30.4 Å². The SMILES string of the molecule is O=c1[nH]nc(-c2ccccc2)c2c1Nc1nnnn1[C@@H]2c1ccc(Br)cc1. The van der Waals surface area contributed by atoms with E-state index in [2.05, 4.69) is 47.0 Å². The topological polar surface area (TPSA) is 101 Å². The second-order valence-corrected chi connectivity index (χ2v) is 7.00. The van der Waals surface area contributed by atoms with Gasteiger partial charge in [-0.15, -0.1) is 0 Å². The predicted octanol–water partition coefficient (Wildman–Crippen LogP) is 2.88. The number of tetrazole rings is 1. The second-order valence-electron chi connectivity index (χ2n) is 6.08. The van der Waals surface area contributed by atoms with Crippen LogP contribution in [0.2, 0.25) is 0 Å². The van der Waals surface area contributed by atoms with Gasteiger partial charge in [0, 0.05) is 15.6 Å². The Hall–Kier alpha value is -3.33. The Morgan fingerprint density at radius 2 is 1.81 bits per heavy atom. The molecule has 2 aromatic carbocycles. The van der Waals surface area contributed by atoms with Gasteiger partial charge in [0.15, 0.2) is 0 Å². The normalized spacial score (nSPS) is 14.9. The van der Waals surface area contributed by atoms with Gasteiger partial charge in [0.1, 0.15) is 11.7 Å². The molecule has 0 fully saturated rings. The minimum atomic E-state index is -0.385. The number of nitrogens with zero attached hydrogens (tertiary/aromatic N) is 5. The van der Waals surface area contributed by atoms with E-state index in [1.54, 1.807) is 4.68 Å². The highest BCUT2D eigenvalue weighted by Crippen LogP contribution is 2.41. The minimum Gasteiger partial charge on any atom is -0.318 e. The molecule has 0 aliphatic carbocycles. The van der Waals surface area contributed by atoms with Crippen LogP contribution >= 0.6 is 15.9 Å². The summed E-state index contributed by atoms with van der Waals surface area (Å²) in [5.74, 6) is 0.408. The molecule has 1 atom stereocenters. The molecule has 0 saturated heterocycles. The number of benzene rings is 2. The van der Waals surface area contributed by atoms with Crippen LogP contribution in [0, 0.1) is 0 Å². The standard InChI is InChI=1S/C18H12BrN7O/c19-12-8-6-11(7-9-12)16-13-14(10-4-2-1-3-5-10)21-22-17(27)15(13)20-18-23-24-25-26(16)18/h1-9,16H,(H,22,27)(H,20,23,25)/t16-/m1/s1. The summed E-state index contributed by atoms with van der Waals surface area (Å²) in [4.78, 5) is 12.5. The maximum Gasteiger partial charge on any atom is 0.288 e. The van der Waals surface area contributed by atoms with Crippen LogP contribution in [0.25, 0.3) is 11.3 Å². The summed E-state index contributed by atoms with van der Waals surface area (Å²) >= 11 is 3.46. The molecule has 132 valence electrons. The van der Waals surface area contributed by atoms with Gasteiger partial charge in [-0.25, -0.2) is 5.10 Å². The van der Waals surface area contributed by atoms with E-state index in [9.17, 15) is 4.79 Å². The fourth-order valence-corrected chi connectivity index (χ4v) is 3.57. The molecule has 1 aliphatic heterocycles. The molecule has 9 heteroatoms. The lowest BCUT2D eigenvalue weighted by Crippen LogP contribution is -2.29. The van der Waals surface area contributed by atoms with Crippen LogP contribution < -0.4 is 10.9 Å². The van der Waals surface area contributed by atoms with Crippen molar-refractivity contribution in [3.05, 3.63) is 80.6 Å². The number of aromatic nitrogens is 6. The zero-order chi connectivity index (χ0) is 18.4. The van der Waals surface area contributed by atoms with Gasteiger partial charge >= 0.3 is 0 Å². The Morgan fingerprint density at radius 3 is 2.59 bits per heavy atom. The van der Waals surface area contributed by atoms with E-state index in [0.29, 0.717) is 17.3 Å². The fourth-order valence-electron chi connectivity index (χ4n) is 3.31.